The van der Waals surface area contributed by atoms with Crippen molar-refractivity contribution in [2.45, 2.75) is 54.1 Å². The summed E-state index contributed by atoms with van der Waals surface area (Å²) in [7, 11) is 0. The van der Waals surface area contributed by atoms with Crippen LogP contribution in [-0.4, -0.2) is 67.9 Å². The maximum Gasteiger partial charge on any atom is 0.310 e. The summed E-state index contributed by atoms with van der Waals surface area (Å²) >= 11 is 11.5. The lowest BCUT2D eigenvalue weighted by molar-refractivity contribution is -0.154. The lowest BCUT2D eigenvalue weighted by Crippen LogP contribution is -2.54. The molecule has 10 heteroatoms. The highest BCUT2D eigenvalue weighted by Crippen LogP contribution is 2.68. The van der Waals surface area contributed by atoms with Crippen LogP contribution in [0.15, 0.2) is 18.2 Å². The number of hydrogen-bond acceptors (Lipinski definition) is 6. The third-order valence-electron chi connectivity index (χ3n) is 6.74. The van der Waals surface area contributed by atoms with Crippen LogP contribution in [0.1, 0.15) is 25.8 Å². The van der Waals surface area contributed by atoms with E-state index in [0.29, 0.717) is 17.1 Å². The van der Waals surface area contributed by atoms with Crippen LogP contribution >= 0.6 is 39.3 Å². The van der Waals surface area contributed by atoms with E-state index in [0.717, 1.165) is 5.56 Å². The van der Waals surface area contributed by atoms with Crippen molar-refractivity contribution in [1.29, 1.82) is 0 Å². The number of ether oxygens (including phenoxy) is 1. The number of likely N-dealkylation sites (tertiary alicyclic amines) is 1. The molecule has 3 saturated heterocycles. The summed E-state index contributed by atoms with van der Waals surface area (Å²) in [6.07, 6.45) is 0.558. The zero-order valence-electron chi connectivity index (χ0n) is 18.0. The predicted octanol–water partition coefficient (Wildman–Crippen LogP) is 3.00. The number of para-hydroxylation sites is 1. The molecule has 1 spiro atoms. The number of halogens is 2. The van der Waals surface area contributed by atoms with E-state index in [1.165, 1.54) is 16.7 Å². The molecule has 3 heterocycles. The number of nitrogens with zero attached hydrogens (tertiary/aromatic N) is 1. The van der Waals surface area contributed by atoms with Gasteiger partial charge < -0.3 is 20.1 Å². The molecule has 0 aliphatic carbocycles. The van der Waals surface area contributed by atoms with Gasteiger partial charge in [-0.1, -0.05) is 39.7 Å². The first kappa shape index (κ1) is 23.9. The number of hydrogen-bond donors (Lipinski definition) is 2. The number of aliphatic hydroxyl groups excluding tert-OH is 1. The highest BCUT2D eigenvalue weighted by atomic mass is 79.9. The summed E-state index contributed by atoms with van der Waals surface area (Å²) in [5.74, 6) is -2.38. The number of fused-ring (bicyclic) bond motifs is 1. The van der Waals surface area contributed by atoms with Crippen molar-refractivity contribution < 1.29 is 24.2 Å². The monoisotopic (exact) mass is 544 g/mol. The van der Waals surface area contributed by atoms with E-state index in [1.807, 2.05) is 13.0 Å². The normalized spacial score (nSPS) is 33.9. The van der Waals surface area contributed by atoms with E-state index in [2.05, 4.69) is 21.2 Å². The number of alkyl halides is 1. The van der Waals surface area contributed by atoms with Crippen LogP contribution in [-0.2, 0) is 19.1 Å². The molecule has 1 aromatic rings. The third-order valence-corrected chi connectivity index (χ3v) is 10.3. The largest absolute Gasteiger partial charge is 0.466 e. The number of aryl methyl sites for hydroxylation is 1. The van der Waals surface area contributed by atoms with Gasteiger partial charge in [-0.3, -0.25) is 14.4 Å². The second-order valence-corrected chi connectivity index (χ2v) is 11.7. The van der Waals surface area contributed by atoms with Gasteiger partial charge in [-0.2, -0.15) is 0 Å². The van der Waals surface area contributed by atoms with Crippen LogP contribution < -0.4 is 5.32 Å². The molecule has 2 amide bonds. The minimum absolute atomic E-state index is 0.0345. The lowest BCUT2D eigenvalue weighted by atomic mass is 9.71. The van der Waals surface area contributed by atoms with Crippen molar-refractivity contribution in [3.05, 3.63) is 28.8 Å². The van der Waals surface area contributed by atoms with Crippen LogP contribution in [0.25, 0.3) is 0 Å². The fourth-order valence-electron chi connectivity index (χ4n) is 5.42. The Balaban J connectivity index is 1.77. The van der Waals surface area contributed by atoms with E-state index in [9.17, 15) is 19.5 Å². The molecule has 2 N–H and O–H groups in total. The smallest absolute Gasteiger partial charge is 0.310 e. The van der Waals surface area contributed by atoms with Gasteiger partial charge in [0.2, 0.25) is 11.8 Å². The second-order valence-electron chi connectivity index (χ2n) is 8.61. The Labute approximate surface area is 204 Å². The zero-order valence-corrected chi connectivity index (χ0v) is 21.2. The Morgan fingerprint density at radius 1 is 1.47 bits per heavy atom. The quantitative estimate of drug-likeness (QED) is 0.422. The van der Waals surface area contributed by atoms with Gasteiger partial charge in [-0.05, 0) is 38.8 Å². The summed E-state index contributed by atoms with van der Waals surface area (Å²) < 4.78 is 4.52. The van der Waals surface area contributed by atoms with E-state index >= 15 is 0 Å². The Hall–Kier alpha value is -1.29. The number of aliphatic hydroxyl groups is 1. The zero-order chi connectivity index (χ0) is 23.4. The van der Waals surface area contributed by atoms with E-state index < -0.39 is 34.6 Å². The van der Waals surface area contributed by atoms with Gasteiger partial charge in [0.05, 0.1) is 46.5 Å². The van der Waals surface area contributed by atoms with Gasteiger partial charge in [-0.25, -0.2) is 0 Å². The number of esters is 1. The van der Waals surface area contributed by atoms with Crippen molar-refractivity contribution in [1.82, 2.24) is 4.90 Å². The van der Waals surface area contributed by atoms with E-state index in [4.69, 9.17) is 16.3 Å². The molecule has 3 aliphatic heterocycles. The number of thioether (sulfide) groups is 1. The fraction of sp³-hybridized carbons (Fsp3) is 0.591. The van der Waals surface area contributed by atoms with Crippen LogP contribution in [0.4, 0.5) is 5.69 Å². The molecule has 3 unspecified atom stereocenters. The van der Waals surface area contributed by atoms with Gasteiger partial charge in [0.25, 0.3) is 0 Å². The molecule has 2 bridgehead atoms. The Kier molecular flexibility index (Phi) is 6.57. The van der Waals surface area contributed by atoms with Crippen LogP contribution in [0, 0.1) is 18.8 Å². The minimum Gasteiger partial charge on any atom is -0.466 e. The SMILES string of the molecule is CCOC(=O)[C@H]1[C@@H]2SC3(CC2Br)C(C(=O)Nc2c(C)cccc2Cl)N([C@H](C)CO)C(=O)[C@H]13. The van der Waals surface area contributed by atoms with Crippen molar-refractivity contribution in [3.63, 3.8) is 0 Å². The maximum absolute atomic E-state index is 13.7. The number of carbonyl (C=O) groups is 3. The molecule has 3 aliphatic rings. The lowest BCUT2D eigenvalue weighted by Gasteiger charge is -2.36. The first-order valence-electron chi connectivity index (χ1n) is 10.7. The number of carbonyl (C=O) groups excluding carboxylic acids is 3. The molecule has 7 nitrogen and oxygen atoms in total. The summed E-state index contributed by atoms with van der Waals surface area (Å²) in [4.78, 5) is 41.7. The molecule has 3 fully saturated rings. The summed E-state index contributed by atoms with van der Waals surface area (Å²) in [6.45, 7) is 5.22. The van der Waals surface area contributed by atoms with Crippen LogP contribution in [0.5, 0.6) is 0 Å². The molecule has 1 aromatic carbocycles. The number of rotatable bonds is 6. The molecule has 7 atom stereocenters. The molecular weight excluding hydrogens is 520 g/mol. The maximum atomic E-state index is 13.7. The molecule has 4 rings (SSSR count). The molecular formula is C22H26BrClN2O5S. The molecule has 0 radical (unpaired) electrons. The molecule has 0 saturated carbocycles. The summed E-state index contributed by atoms with van der Waals surface area (Å²) in [5, 5.41) is 13.1. The number of anilines is 1. The summed E-state index contributed by atoms with van der Waals surface area (Å²) in [5.41, 5.74) is 1.30. The number of nitrogens with one attached hydrogen (secondary N) is 1. The molecule has 174 valence electrons. The molecule has 32 heavy (non-hydrogen) atoms. The molecule has 0 aromatic heterocycles. The van der Waals surface area contributed by atoms with Crippen LogP contribution in [0.3, 0.4) is 0 Å². The van der Waals surface area contributed by atoms with Crippen molar-refractivity contribution in [2.75, 3.05) is 18.5 Å². The van der Waals surface area contributed by atoms with Gasteiger partial charge >= 0.3 is 5.97 Å². The van der Waals surface area contributed by atoms with Crippen molar-refractivity contribution in [3.8, 4) is 0 Å². The Bertz CT molecular complexity index is 944. The Morgan fingerprint density at radius 3 is 2.81 bits per heavy atom. The third kappa shape index (κ3) is 3.47. The minimum atomic E-state index is -0.854. The summed E-state index contributed by atoms with van der Waals surface area (Å²) in [6, 6.07) is 3.90. The van der Waals surface area contributed by atoms with Gasteiger partial charge in [0.15, 0.2) is 0 Å². The predicted molar refractivity (Wildman–Crippen MR) is 127 cm³/mol. The van der Waals surface area contributed by atoms with Gasteiger partial charge in [0.1, 0.15) is 6.04 Å². The van der Waals surface area contributed by atoms with Crippen molar-refractivity contribution >= 4 is 62.8 Å². The topological polar surface area (TPSA) is 95.9 Å². The van der Waals surface area contributed by atoms with E-state index in [1.54, 1.807) is 26.0 Å². The highest BCUT2D eigenvalue weighted by molar-refractivity contribution is 9.09. The van der Waals surface area contributed by atoms with Gasteiger partial charge in [0, 0.05) is 10.1 Å². The van der Waals surface area contributed by atoms with Gasteiger partial charge in [-0.15, -0.1) is 11.8 Å². The standard InChI is InChI=1S/C22H26BrClN2O5S/c1-4-31-21(30)14-15-20(29)26(11(3)9-27)18(22(15)8-12(23)17(14)32-22)19(28)25-16-10(2)6-5-7-13(16)24/h5-7,11-12,14-15,17-18,27H,4,8-9H2,1-3H3,(H,25,28)/t11-,12?,14-,15+,17-,18?,22?/m1/s1. The number of benzene rings is 1. The fourth-order valence-corrected chi connectivity index (χ4v) is 9.28. The first-order chi connectivity index (χ1) is 15.2. The van der Waals surface area contributed by atoms with E-state index in [-0.39, 0.29) is 35.1 Å². The number of amides is 2. The Morgan fingerprint density at radius 2 is 2.19 bits per heavy atom. The average Bonchev–Trinajstić information content (AvgIpc) is 3.33. The highest BCUT2D eigenvalue weighted by Gasteiger charge is 2.76. The second kappa shape index (κ2) is 8.81. The van der Waals surface area contributed by atoms with Crippen molar-refractivity contribution in [2.24, 2.45) is 11.8 Å². The average molecular weight is 546 g/mol. The first-order valence-corrected chi connectivity index (χ1v) is 12.8. The van der Waals surface area contributed by atoms with Crippen LogP contribution in [0.2, 0.25) is 5.02 Å².